The van der Waals surface area contributed by atoms with Gasteiger partial charge >= 0.3 is 0 Å². The van der Waals surface area contributed by atoms with Crippen LogP contribution in [0.15, 0.2) is 193 Å². The van der Waals surface area contributed by atoms with Crippen LogP contribution in [0.2, 0.25) is 0 Å². The minimum Gasteiger partial charge on any atom is -0.455 e. The topological polar surface area (TPSA) is 51.8 Å². The number of pyridine rings is 1. The van der Waals surface area contributed by atoms with Gasteiger partial charge in [0.05, 0.1) is 11.4 Å². The largest absolute Gasteiger partial charge is 0.455 e. The van der Waals surface area contributed by atoms with Crippen molar-refractivity contribution in [1.82, 2.24) is 15.0 Å². The summed E-state index contributed by atoms with van der Waals surface area (Å²) < 4.78 is 9.31. The second-order valence-corrected chi connectivity index (χ2v) is 15.1. The van der Waals surface area contributed by atoms with Gasteiger partial charge in [-0.2, -0.15) is 0 Å². The van der Waals surface area contributed by atoms with Gasteiger partial charge < -0.3 is 4.42 Å². The number of hydrogen-bond acceptors (Lipinski definition) is 5. The number of nitrogens with zero attached hydrogens (tertiary/aromatic N) is 3. The van der Waals surface area contributed by atoms with Crippen molar-refractivity contribution in [3.63, 3.8) is 0 Å². The van der Waals surface area contributed by atoms with Crippen molar-refractivity contribution < 1.29 is 4.42 Å². The average molecular weight is 734 g/mol. The molecule has 4 heterocycles. The fourth-order valence-electron chi connectivity index (χ4n) is 7.87. The molecule has 0 spiro atoms. The number of para-hydroxylation sites is 1. The molecule has 56 heavy (non-hydrogen) atoms. The molecule has 0 bridgehead atoms. The van der Waals surface area contributed by atoms with E-state index in [1.165, 1.54) is 25.7 Å². The third-order valence-corrected chi connectivity index (χ3v) is 11.8. The zero-order valence-electron chi connectivity index (χ0n) is 30.1. The van der Waals surface area contributed by atoms with E-state index < -0.39 is 0 Å². The van der Waals surface area contributed by atoms with Crippen LogP contribution in [-0.4, -0.2) is 15.0 Å². The molecule has 11 rings (SSSR count). The van der Waals surface area contributed by atoms with Crippen LogP contribution in [0.25, 0.3) is 109 Å². The lowest BCUT2D eigenvalue weighted by Crippen LogP contribution is -1.96. The first kappa shape index (κ1) is 32.2. The van der Waals surface area contributed by atoms with E-state index in [4.69, 9.17) is 14.4 Å². The number of thiophene rings is 1. The molecule has 0 aliphatic rings. The predicted molar refractivity (Wildman–Crippen MR) is 233 cm³/mol. The third kappa shape index (κ3) is 5.56. The van der Waals surface area contributed by atoms with Crippen molar-refractivity contribution in [1.29, 1.82) is 0 Å². The zero-order valence-corrected chi connectivity index (χ0v) is 30.9. The average Bonchev–Trinajstić information content (AvgIpc) is 3.85. The Hall–Kier alpha value is -7.21. The third-order valence-electron chi connectivity index (χ3n) is 10.6. The molecule has 262 valence electrons. The molecule has 7 aromatic carbocycles. The molecule has 0 atom stereocenters. The standard InChI is InChI=1S/C51H31N3OS/c1-2-9-34(10-3-1)44-31-45(54-51(53-44)38-12-8-11-36(29-38)32-25-27-52-28-26-32)35-19-17-33(18-20-35)40-23-22-39(49-42-14-4-6-15-46(42)55-50(40)49)37-21-24-48-43(30-37)41-13-5-7-16-47(41)56-48/h1-31H. The van der Waals surface area contributed by atoms with Crippen molar-refractivity contribution in [3.05, 3.63) is 188 Å². The summed E-state index contributed by atoms with van der Waals surface area (Å²) in [6.45, 7) is 0. The maximum absolute atomic E-state index is 6.71. The maximum Gasteiger partial charge on any atom is 0.160 e. The monoisotopic (exact) mass is 733 g/mol. The van der Waals surface area contributed by atoms with Gasteiger partial charge in [-0.25, -0.2) is 9.97 Å². The molecule has 0 amide bonds. The normalized spacial score (nSPS) is 11.6. The Labute approximate surface area is 327 Å². The number of rotatable bonds is 6. The lowest BCUT2D eigenvalue weighted by atomic mass is 9.93. The van der Waals surface area contributed by atoms with Crippen molar-refractivity contribution in [2.24, 2.45) is 0 Å². The molecule has 5 heteroatoms. The van der Waals surface area contributed by atoms with Crippen molar-refractivity contribution >= 4 is 53.4 Å². The first-order valence-corrected chi connectivity index (χ1v) is 19.5. The van der Waals surface area contributed by atoms with Crippen LogP contribution in [-0.2, 0) is 0 Å². The van der Waals surface area contributed by atoms with E-state index in [2.05, 4.69) is 145 Å². The van der Waals surface area contributed by atoms with Crippen molar-refractivity contribution in [2.45, 2.75) is 0 Å². The number of furan rings is 1. The highest BCUT2D eigenvalue weighted by Gasteiger charge is 2.19. The fourth-order valence-corrected chi connectivity index (χ4v) is 8.96. The molecule has 4 aromatic heterocycles. The van der Waals surface area contributed by atoms with Gasteiger partial charge in [0.15, 0.2) is 5.82 Å². The van der Waals surface area contributed by atoms with Crippen LogP contribution in [0.1, 0.15) is 0 Å². The molecule has 0 unspecified atom stereocenters. The molecule has 0 N–H and O–H groups in total. The Kier molecular flexibility index (Phi) is 7.64. The molecule has 0 radical (unpaired) electrons. The Morgan fingerprint density at radius 1 is 0.393 bits per heavy atom. The SMILES string of the molecule is c1ccc(-c2cc(-c3ccc(-c4ccc(-c5ccc6sc7ccccc7c6c5)c5c4oc4ccccc45)cc3)nc(-c3cccc(-c4ccncc4)c3)n2)cc1. The highest BCUT2D eigenvalue weighted by molar-refractivity contribution is 7.25. The molecule has 0 aliphatic heterocycles. The summed E-state index contributed by atoms with van der Waals surface area (Å²) >= 11 is 1.84. The molecule has 0 aliphatic carbocycles. The fraction of sp³-hybridized carbons (Fsp3) is 0. The maximum atomic E-state index is 6.71. The molecule has 0 saturated heterocycles. The van der Waals surface area contributed by atoms with Crippen molar-refractivity contribution in [3.8, 4) is 67.3 Å². The molecular formula is C51H31N3OS. The molecular weight excluding hydrogens is 703 g/mol. The van der Waals surface area contributed by atoms with Gasteiger partial charge in [-0.15, -0.1) is 11.3 Å². The van der Waals surface area contributed by atoms with Gasteiger partial charge in [0, 0.05) is 65.6 Å². The number of fused-ring (bicyclic) bond motifs is 6. The second kappa shape index (κ2) is 13.3. The van der Waals surface area contributed by atoms with Gasteiger partial charge in [0.2, 0.25) is 0 Å². The molecule has 11 aromatic rings. The Morgan fingerprint density at radius 3 is 1.88 bits per heavy atom. The lowest BCUT2D eigenvalue weighted by molar-refractivity contribution is 0.670. The molecule has 0 saturated carbocycles. The molecule has 0 fully saturated rings. The second-order valence-electron chi connectivity index (χ2n) is 14.0. The number of hydrogen-bond donors (Lipinski definition) is 0. The van der Waals surface area contributed by atoms with E-state index in [1.807, 2.05) is 60.1 Å². The van der Waals surface area contributed by atoms with E-state index in [1.54, 1.807) is 0 Å². The van der Waals surface area contributed by atoms with Gasteiger partial charge in [-0.3, -0.25) is 4.98 Å². The van der Waals surface area contributed by atoms with Crippen molar-refractivity contribution in [2.75, 3.05) is 0 Å². The summed E-state index contributed by atoms with van der Waals surface area (Å²) in [5.74, 6) is 0.676. The van der Waals surface area contributed by atoms with Crippen LogP contribution in [0, 0.1) is 0 Å². The summed E-state index contributed by atoms with van der Waals surface area (Å²) in [5.41, 5.74) is 13.2. The Balaban J connectivity index is 1.02. The summed E-state index contributed by atoms with van der Waals surface area (Å²) in [5, 5.41) is 4.82. The minimum absolute atomic E-state index is 0.676. The Morgan fingerprint density at radius 2 is 1.04 bits per heavy atom. The van der Waals surface area contributed by atoms with Crippen LogP contribution in [0.3, 0.4) is 0 Å². The van der Waals surface area contributed by atoms with E-state index in [0.717, 1.165) is 77.8 Å². The first-order chi connectivity index (χ1) is 27.7. The summed E-state index contributed by atoms with van der Waals surface area (Å²) in [7, 11) is 0. The first-order valence-electron chi connectivity index (χ1n) is 18.7. The summed E-state index contributed by atoms with van der Waals surface area (Å²) in [6, 6.07) is 61.8. The summed E-state index contributed by atoms with van der Waals surface area (Å²) in [6.07, 6.45) is 3.63. The smallest absolute Gasteiger partial charge is 0.160 e. The predicted octanol–water partition coefficient (Wildman–Crippen LogP) is 14.1. The highest BCUT2D eigenvalue weighted by Crippen LogP contribution is 2.44. The van der Waals surface area contributed by atoms with E-state index in [-0.39, 0.29) is 0 Å². The van der Waals surface area contributed by atoms with E-state index in [0.29, 0.717) is 5.82 Å². The van der Waals surface area contributed by atoms with Gasteiger partial charge in [0.25, 0.3) is 0 Å². The number of aromatic nitrogens is 3. The zero-order chi connectivity index (χ0) is 37.0. The van der Waals surface area contributed by atoms with E-state index >= 15 is 0 Å². The Bertz CT molecular complexity index is 3240. The van der Waals surface area contributed by atoms with Gasteiger partial charge in [0.1, 0.15) is 11.2 Å². The lowest BCUT2D eigenvalue weighted by Gasteiger charge is -2.12. The molecule has 4 nitrogen and oxygen atoms in total. The van der Waals surface area contributed by atoms with Crippen LogP contribution < -0.4 is 0 Å². The number of benzene rings is 7. The van der Waals surface area contributed by atoms with E-state index in [9.17, 15) is 0 Å². The quantitative estimate of drug-likeness (QED) is 0.171. The van der Waals surface area contributed by atoms with Crippen LogP contribution in [0.4, 0.5) is 0 Å². The highest BCUT2D eigenvalue weighted by atomic mass is 32.1. The van der Waals surface area contributed by atoms with Crippen LogP contribution in [0.5, 0.6) is 0 Å². The van der Waals surface area contributed by atoms with Crippen LogP contribution >= 0.6 is 11.3 Å². The summed E-state index contributed by atoms with van der Waals surface area (Å²) in [4.78, 5) is 14.4. The minimum atomic E-state index is 0.676. The van der Waals surface area contributed by atoms with Gasteiger partial charge in [-0.1, -0.05) is 121 Å². The van der Waals surface area contributed by atoms with Gasteiger partial charge in [-0.05, 0) is 82.4 Å².